The Morgan fingerprint density at radius 1 is 1.00 bits per heavy atom. The average molecular weight is 375 g/mol. The highest BCUT2D eigenvalue weighted by molar-refractivity contribution is 5.91. The standard InChI is InChI=1S/C22H21N3O3/c1-27-20-5-3-16(14-21(20)28-2)4-6-22(26)25-15-17-7-12-24-19(13-17)18-8-10-23-11-9-18/h3-14H,15H2,1-2H3,(H,25,26)/b6-4+. The number of carbonyl (C=O) groups excluding carboxylic acids is 1. The molecule has 0 aliphatic rings. The van der Waals surface area contributed by atoms with Crippen molar-refractivity contribution >= 4 is 12.0 Å². The Balaban J connectivity index is 1.61. The molecule has 0 unspecified atom stereocenters. The molecule has 2 heterocycles. The van der Waals surface area contributed by atoms with Gasteiger partial charge in [0.05, 0.1) is 19.9 Å². The Kier molecular flexibility index (Phi) is 6.36. The van der Waals surface area contributed by atoms with Gasteiger partial charge in [0.25, 0.3) is 0 Å². The van der Waals surface area contributed by atoms with Crippen molar-refractivity contribution in [3.63, 3.8) is 0 Å². The molecule has 3 aromatic rings. The van der Waals surface area contributed by atoms with Crippen LogP contribution in [0.25, 0.3) is 17.3 Å². The van der Waals surface area contributed by atoms with Gasteiger partial charge in [-0.25, -0.2) is 0 Å². The number of nitrogens with zero attached hydrogens (tertiary/aromatic N) is 2. The molecule has 0 radical (unpaired) electrons. The third-order valence-corrected chi connectivity index (χ3v) is 4.10. The lowest BCUT2D eigenvalue weighted by atomic mass is 10.1. The Hall–Kier alpha value is -3.67. The summed E-state index contributed by atoms with van der Waals surface area (Å²) in [5.41, 5.74) is 3.64. The number of benzene rings is 1. The zero-order chi connectivity index (χ0) is 19.8. The van der Waals surface area contributed by atoms with Crippen LogP contribution in [-0.4, -0.2) is 30.1 Å². The maximum absolute atomic E-state index is 12.1. The van der Waals surface area contributed by atoms with Crippen LogP contribution in [0.4, 0.5) is 0 Å². The van der Waals surface area contributed by atoms with E-state index in [1.54, 1.807) is 45.0 Å². The summed E-state index contributed by atoms with van der Waals surface area (Å²) in [4.78, 5) is 20.5. The second-order valence-electron chi connectivity index (χ2n) is 5.95. The zero-order valence-electron chi connectivity index (χ0n) is 15.8. The van der Waals surface area contributed by atoms with Gasteiger partial charge in [-0.15, -0.1) is 0 Å². The smallest absolute Gasteiger partial charge is 0.244 e. The topological polar surface area (TPSA) is 73.3 Å². The predicted molar refractivity (Wildman–Crippen MR) is 108 cm³/mol. The average Bonchev–Trinajstić information content (AvgIpc) is 2.76. The second kappa shape index (κ2) is 9.32. The molecule has 0 fully saturated rings. The van der Waals surface area contributed by atoms with Gasteiger partial charge < -0.3 is 14.8 Å². The van der Waals surface area contributed by atoms with Gasteiger partial charge in [-0.1, -0.05) is 6.07 Å². The first-order valence-corrected chi connectivity index (χ1v) is 8.73. The number of nitrogens with one attached hydrogen (secondary N) is 1. The molecule has 6 nitrogen and oxygen atoms in total. The van der Waals surface area contributed by atoms with Crippen LogP contribution in [0.15, 0.2) is 67.1 Å². The number of rotatable bonds is 7. The first-order valence-electron chi connectivity index (χ1n) is 8.73. The molecule has 6 heteroatoms. The Morgan fingerprint density at radius 3 is 2.54 bits per heavy atom. The van der Waals surface area contributed by atoms with Crippen molar-refractivity contribution in [1.29, 1.82) is 0 Å². The lowest BCUT2D eigenvalue weighted by molar-refractivity contribution is -0.116. The number of methoxy groups -OCH3 is 2. The van der Waals surface area contributed by atoms with E-state index in [0.29, 0.717) is 18.0 Å². The number of hydrogen-bond donors (Lipinski definition) is 1. The molecule has 0 aliphatic carbocycles. The molecule has 2 aromatic heterocycles. The lowest BCUT2D eigenvalue weighted by Crippen LogP contribution is -2.20. The molecule has 142 valence electrons. The number of pyridine rings is 2. The summed E-state index contributed by atoms with van der Waals surface area (Å²) in [6.07, 6.45) is 8.41. The van der Waals surface area contributed by atoms with E-state index >= 15 is 0 Å². The van der Waals surface area contributed by atoms with Crippen LogP contribution in [0, 0.1) is 0 Å². The van der Waals surface area contributed by atoms with Gasteiger partial charge in [-0.2, -0.15) is 0 Å². The van der Waals surface area contributed by atoms with Crippen molar-refractivity contribution in [3.8, 4) is 22.8 Å². The van der Waals surface area contributed by atoms with Crippen molar-refractivity contribution in [2.24, 2.45) is 0 Å². The molecule has 3 rings (SSSR count). The number of ether oxygens (including phenoxy) is 2. The fraction of sp³-hybridized carbons (Fsp3) is 0.136. The van der Waals surface area contributed by atoms with E-state index in [1.807, 2.05) is 36.4 Å². The molecular weight excluding hydrogens is 354 g/mol. The van der Waals surface area contributed by atoms with Crippen LogP contribution in [0.1, 0.15) is 11.1 Å². The summed E-state index contributed by atoms with van der Waals surface area (Å²) in [5.74, 6) is 1.08. The Labute approximate surface area is 163 Å². The number of amides is 1. The van der Waals surface area contributed by atoms with E-state index in [1.165, 1.54) is 6.08 Å². The summed E-state index contributed by atoms with van der Waals surface area (Å²) in [5, 5.41) is 2.88. The lowest BCUT2D eigenvalue weighted by Gasteiger charge is -2.07. The van der Waals surface area contributed by atoms with Crippen LogP contribution in [0.5, 0.6) is 11.5 Å². The van der Waals surface area contributed by atoms with Crippen LogP contribution >= 0.6 is 0 Å². The van der Waals surface area contributed by atoms with E-state index in [2.05, 4.69) is 15.3 Å². The highest BCUT2D eigenvalue weighted by Crippen LogP contribution is 2.27. The van der Waals surface area contributed by atoms with Gasteiger partial charge in [-0.05, 0) is 53.6 Å². The van der Waals surface area contributed by atoms with Crippen LogP contribution < -0.4 is 14.8 Å². The SMILES string of the molecule is COc1ccc(/C=C/C(=O)NCc2ccnc(-c3ccncc3)c2)cc1OC. The van der Waals surface area contributed by atoms with Gasteiger partial charge >= 0.3 is 0 Å². The Bertz CT molecular complexity index is 972. The fourth-order valence-corrected chi connectivity index (χ4v) is 2.64. The van der Waals surface area contributed by atoms with Crippen molar-refractivity contribution in [2.45, 2.75) is 6.54 Å². The quantitative estimate of drug-likeness (QED) is 0.640. The van der Waals surface area contributed by atoms with Crippen molar-refractivity contribution in [1.82, 2.24) is 15.3 Å². The molecule has 0 bridgehead atoms. The minimum atomic E-state index is -0.183. The van der Waals surface area contributed by atoms with Crippen molar-refractivity contribution < 1.29 is 14.3 Å². The minimum absolute atomic E-state index is 0.183. The highest BCUT2D eigenvalue weighted by atomic mass is 16.5. The zero-order valence-corrected chi connectivity index (χ0v) is 15.8. The third-order valence-electron chi connectivity index (χ3n) is 4.10. The normalized spacial score (nSPS) is 10.6. The van der Waals surface area contributed by atoms with Crippen molar-refractivity contribution in [3.05, 3.63) is 78.3 Å². The fourth-order valence-electron chi connectivity index (χ4n) is 2.64. The molecule has 0 saturated carbocycles. The van der Waals surface area contributed by atoms with E-state index < -0.39 is 0 Å². The largest absolute Gasteiger partial charge is 0.493 e. The summed E-state index contributed by atoms with van der Waals surface area (Å²) in [6, 6.07) is 13.1. The summed E-state index contributed by atoms with van der Waals surface area (Å²) in [6.45, 7) is 0.412. The van der Waals surface area contributed by atoms with E-state index in [9.17, 15) is 4.79 Å². The summed E-state index contributed by atoms with van der Waals surface area (Å²) < 4.78 is 10.5. The molecule has 1 N–H and O–H groups in total. The van der Waals surface area contributed by atoms with Gasteiger partial charge in [0, 0.05) is 36.8 Å². The number of hydrogen-bond acceptors (Lipinski definition) is 5. The van der Waals surface area contributed by atoms with Crippen molar-refractivity contribution in [2.75, 3.05) is 14.2 Å². The van der Waals surface area contributed by atoms with Gasteiger partial charge in [0.2, 0.25) is 5.91 Å². The van der Waals surface area contributed by atoms with Crippen LogP contribution in [0.2, 0.25) is 0 Å². The molecule has 0 spiro atoms. The highest BCUT2D eigenvalue weighted by Gasteiger charge is 2.04. The second-order valence-corrected chi connectivity index (χ2v) is 5.95. The monoisotopic (exact) mass is 375 g/mol. The number of carbonyl (C=O) groups is 1. The van der Waals surface area contributed by atoms with Gasteiger partial charge in [0.1, 0.15) is 0 Å². The third kappa shape index (κ3) is 4.94. The molecule has 1 aromatic carbocycles. The van der Waals surface area contributed by atoms with Crippen LogP contribution in [0.3, 0.4) is 0 Å². The molecule has 28 heavy (non-hydrogen) atoms. The predicted octanol–water partition coefficient (Wildman–Crippen LogP) is 3.49. The first-order chi connectivity index (χ1) is 13.7. The van der Waals surface area contributed by atoms with E-state index in [4.69, 9.17) is 9.47 Å². The molecular formula is C22H21N3O3. The maximum atomic E-state index is 12.1. The first kappa shape index (κ1) is 19.1. The van der Waals surface area contributed by atoms with Gasteiger partial charge in [0.15, 0.2) is 11.5 Å². The Morgan fingerprint density at radius 2 is 1.79 bits per heavy atom. The molecule has 0 saturated heterocycles. The van der Waals surface area contributed by atoms with Gasteiger partial charge in [-0.3, -0.25) is 14.8 Å². The molecule has 0 aliphatic heterocycles. The summed E-state index contributed by atoms with van der Waals surface area (Å²) >= 11 is 0. The molecule has 0 atom stereocenters. The minimum Gasteiger partial charge on any atom is -0.493 e. The summed E-state index contributed by atoms with van der Waals surface area (Å²) in [7, 11) is 3.16. The maximum Gasteiger partial charge on any atom is 0.244 e. The van der Waals surface area contributed by atoms with E-state index in [-0.39, 0.29) is 5.91 Å². The van der Waals surface area contributed by atoms with E-state index in [0.717, 1.165) is 22.4 Å². The molecule has 1 amide bonds. The van der Waals surface area contributed by atoms with Crippen LogP contribution in [-0.2, 0) is 11.3 Å². The number of aromatic nitrogens is 2.